The van der Waals surface area contributed by atoms with E-state index in [1.165, 1.54) is 6.42 Å². The van der Waals surface area contributed by atoms with Gasteiger partial charge in [0.2, 0.25) is 0 Å². The average molecular weight is 211 g/mol. The molecule has 2 heterocycles. The Hall–Kier alpha value is -0.540. The molecule has 3 heteroatoms. The third-order valence-corrected chi connectivity index (χ3v) is 3.12. The van der Waals surface area contributed by atoms with Crippen LogP contribution in [0.15, 0.2) is 11.8 Å². The molecule has 0 bridgehead atoms. The summed E-state index contributed by atoms with van der Waals surface area (Å²) in [6, 6.07) is 0.407. The van der Waals surface area contributed by atoms with E-state index in [9.17, 15) is 0 Å². The average Bonchev–Trinajstić information content (AvgIpc) is 2.89. The van der Waals surface area contributed by atoms with Gasteiger partial charge in [0.15, 0.2) is 0 Å². The molecule has 1 saturated heterocycles. The van der Waals surface area contributed by atoms with Crippen molar-refractivity contribution in [3.05, 3.63) is 11.8 Å². The molecule has 0 aliphatic carbocycles. The van der Waals surface area contributed by atoms with Gasteiger partial charge in [0, 0.05) is 19.6 Å². The van der Waals surface area contributed by atoms with Gasteiger partial charge in [-0.25, -0.2) is 0 Å². The van der Waals surface area contributed by atoms with Crippen LogP contribution in [0.4, 0.5) is 0 Å². The Kier molecular flexibility index (Phi) is 4.03. The highest BCUT2D eigenvalue weighted by Gasteiger charge is 2.24. The molecule has 15 heavy (non-hydrogen) atoms. The van der Waals surface area contributed by atoms with Crippen LogP contribution in [0.1, 0.15) is 26.2 Å². The molecular formula is C12H21NO2. The van der Waals surface area contributed by atoms with Gasteiger partial charge in [0.05, 0.1) is 12.6 Å². The first-order valence-corrected chi connectivity index (χ1v) is 6.04. The van der Waals surface area contributed by atoms with Crippen LogP contribution in [-0.2, 0) is 9.47 Å². The second kappa shape index (κ2) is 5.52. The molecule has 2 rings (SSSR count). The van der Waals surface area contributed by atoms with Crippen molar-refractivity contribution < 1.29 is 9.47 Å². The zero-order valence-corrected chi connectivity index (χ0v) is 9.50. The van der Waals surface area contributed by atoms with Gasteiger partial charge < -0.3 is 14.8 Å². The maximum Gasteiger partial charge on any atom is 0.109 e. The Bertz CT molecular complexity index is 222. The highest BCUT2D eigenvalue weighted by atomic mass is 16.5. The van der Waals surface area contributed by atoms with E-state index in [0.29, 0.717) is 12.0 Å². The number of nitrogens with one attached hydrogen (secondary N) is 1. The number of likely N-dealkylation sites (N-methyl/N-ethyl adjacent to an activating group) is 1. The lowest BCUT2D eigenvalue weighted by atomic mass is 9.98. The second-order valence-corrected chi connectivity index (χ2v) is 4.32. The molecular weight excluding hydrogens is 190 g/mol. The van der Waals surface area contributed by atoms with Crippen molar-refractivity contribution in [3.8, 4) is 0 Å². The minimum atomic E-state index is 0.407. The van der Waals surface area contributed by atoms with Crippen LogP contribution in [0, 0.1) is 5.92 Å². The van der Waals surface area contributed by atoms with Gasteiger partial charge in [-0.1, -0.05) is 6.92 Å². The van der Waals surface area contributed by atoms with Gasteiger partial charge >= 0.3 is 0 Å². The lowest BCUT2D eigenvalue weighted by molar-refractivity contribution is 0.174. The Morgan fingerprint density at radius 1 is 1.53 bits per heavy atom. The monoisotopic (exact) mass is 211 g/mol. The van der Waals surface area contributed by atoms with E-state index < -0.39 is 0 Å². The molecule has 0 amide bonds. The van der Waals surface area contributed by atoms with Crippen LogP contribution in [0.3, 0.4) is 0 Å². The van der Waals surface area contributed by atoms with E-state index in [0.717, 1.165) is 45.0 Å². The summed E-state index contributed by atoms with van der Waals surface area (Å²) in [5.74, 6) is 1.86. The van der Waals surface area contributed by atoms with Crippen LogP contribution in [0.5, 0.6) is 0 Å². The predicted octanol–water partition coefficient (Wildman–Crippen LogP) is 1.70. The summed E-state index contributed by atoms with van der Waals surface area (Å²) in [5, 5.41) is 3.50. The molecule has 2 aliphatic rings. The van der Waals surface area contributed by atoms with E-state index in [2.05, 4.69) is 18.3 Å². The molecule has 86 valence electrons. The van der Waals surface area contributed by atoms with Crippen LogP contribution >= 0.6 is 0 Å². The number of rotatable bonds is 5. The molecule has 3 nitrogen and oxygen atoms in total. The molecule has 0 aromatic heterocycles. The Labute approximate surface area is 91.8 Å². The zero-order chi connectivity index (χ0) is 10.5. The summed E-state index contributed by atoms with van der Waals surface area (Å²) in [5.41, 5.74) is 0. The second-order valence-electron chi connectivity index (χ2n) is 4.32. The molecule has 0 radical (unpaired) electrons. The molecule has 2 unspecified atom stereocenters. The van der Waals surface area contributed by atoms with E-state index >= 15 is 0 Å². The summed E-state index contributed by atoms with van der Waals surface area (Å²) < 4.78 is 11.0. The summed E-state index contributed by atoms with van der Waals surface area (Å²) >= 11 is 0. The minimum Gasteiger partial charge on any atom is -0.496 e. The molecule has 1 fully saturated rings. The van der Waals surface area contributed by atoms with Crippen molar-refractivity contribution in [1.29, 1.82) is 0 Å². The van der Waals surface area contributed by atoms with Gasteiger partial charge in [0.1, 0.15) is 5.76 Å². The van der Waals surface area contributed by atoms with E-state index in [1.807, 2.05) is 0 Å². The first-order chi connectivity index (χ1) is 7.40. The summed E-state index contributed by atoms with van der Waals surface area (Å²) in [6.45, 7) is 5.86. The summed E-state index contributed by atoms with van der Waals surface area (Å²) in [7, 11) is 0. The highest BCUT2D eigenvalue weighted by molar-refractivity contribution is 5.07. The Balaban J connectivity index is 1.86. The maximum absolute atomic E-state index is 5.64. The zero-order valence-electron chi connectivity index (χ0n) is 9.50. The van der Waals surface area contributed by atoms with E-state index in [1.54, 1.807) is 0 Å². The van der Waals surface area contributed by atoms with Gasteiger partial charge in [-0.3, -0.25) is 0 Å². The SMILES string of the molecule is CCNC(CC1CCOC1)C1=CCCO1. The lowest BCUT2D eigenvalue weighted by Crippen LogP contribution is -2.33. The number of ether oxygens (including phenoxy) is 2. The fourth-order valence-electron chi connectivity index (χ4n) is 2.33. The first-order valence-electron chi connectivity index (χ1n) is 6.04. The van der Waals surface area contributed by atoms with Crippen LogP contribution in [0.2, 0.25) is 0 Å². The molecule has 0 aromatic rings. The number of hydrogen-bond donors (Lipinski definition) is 1. The van der Waals surface area contributed by atoms with Gasteiger partial charge in [-0.15, -0.1) is 0 Å². The van der Waals surface area contributed by atoms with Gasteiger partial charge in [-0.05, 0) is 31.4 Å². The Morgan fingerprint density at radius 3 is 3.07 bits per heavy atom. The minimum absolute atomic E-state index is 0.407. The van der Waals surface area contributed by atoms with Crippen molar-refractivity contribution in [3.63, 3.8) is 0 Å². The highest BCUT2D eigenvalue weighted by Crippen LogP contribution is 2.24. The molecule has 2 aliphatic heterocycles. The Morgan fingerprint density at radius 2 is 2.47 bits per heavy atom. The van der Waals surface area contributed by atoms with E-state index in [4.69, 9.17) is 9.47 Å². The van der Waals surface area contributed by atoms with Crippen molar-refractivity contribution in [2.75, 3.05) is 26.4 Å². The smallest absolute Gasteiger partial charge is 0.109 e. The lowest BCUT2D eigenvalue weighted by Gasteiger charge is -2.21. The van der Waals surface area contributed by atoms with Crippen molar-refractivity contribution in [1.82, 2.24) is 5.32 Å². The maximum atomic E-state index is 5.64. The largest absolute Gasteiger partial charge is 0.496 e. The van der Waals surface area contributed by atoms with Crippen molar-refractivity contribution in [2.24, 2.45) is 5.92 Å². The predicted molar refractivity (Wildman–Crippen MR) is 59.7 cm³/mol. The summed E-state index contributed by atoms with van der Waals surface area (Å²) in [4.78, 5) is 0. The van der Waals surface area contributed by atoms with Gasteiger partial charge in [0.25, 0.3) is 0 Å². The van der Waals surface area contributed by atoms with Gasteiger partial charge in [-0.2, -0.15) is 0 Å². The quantitative estimate of drug-likeness (QED) is 0.750. The first kappa shape index (κ1) is 11.0. The fourth-order valence-corrected chi connectivity index (χ4v) is 2.33. The van der Waals surface area contributed by atoms with Crippen LogP contribution in [-0.4, -0.2) is 32.4 Å². The topological polar surface area (TPSA) is 30.5 Å². The molecule has 1 N–H and O–H groups in total. The normalized spacial score (nSPS) is 27.5. The third-order valence-electron chi connectivity index (χ3n) is 3.12. The molecule has 0 spiro atoms. The van der Waals surface area contributed by atoms with E-state index in [-0.39, 0.29) is 0 Å². The van der Waals surface area contributed by atoms with Crippen LogP contribution < -0.4 is 5.32 Å². The third kappa shape index (κ3) is 2.95. The molecule has 0 aromatic carbocycles. The van der Waals surface area contributed by atoms with Crippen molar-refractivity contribution in [2.45, 2.75) is 32.2 Å². The fraction of sp³-hybridized carbons (Fsp3) is 0.833. The number of hydrogen-bond acceptors (Lipinski definition) is 3. The summed E-state index contributed by atoms with van der Waals surface area (Å²) in [6.07, 6.45) is 5.65. The standard InChI is InChI=1S/C12H21NO2/c1-2-13-11(12-4-3-6-15-12)8-10-5-7-14-9-10/h4,10-11,13H,2-3,5-9H2,1H3. The van der Waals surface area contributed by atoms with Crippen molar-refractivity contribution >= 4 is 0 Å². The molecule has 0 saturated carbocycles. The molecule has 2 atom stereocenters. The van der Waals surface area contributed by atoms with Crippen LogP contribution in [0.25, 0.3) is 0 Å².